The lowest BCUT2D eigenvalue weighted by Gasteiger charge is -2.27. The van der Waals surface area contributed by atoms with Crippen LogP contribution in [0, 0.1) is 5.92 Å². The molecule has 5 nitrogen and oxygen atoms in total. The highest BCUT2D eigenvalue weighted by Crippen LogP contribution is 2.34. The van der Waals surface area contributed by atoms with Crippen LogP contribution in [0.1, 0.15) is 27.2 Å². The number of hydrogen-bond acceptors (Lipinski definition) is 3. The van der Waals surface area contributed by atoms with Crippen LogP contribution in [0.15, 0.2) is 24.3 Å². The van der Waals surface area contributed by atoms with Gasteiger partial charge in [0.05, 0.1) is 18.3 Å². The molecule has 2 N–H and O–H groups in total. The van der Waals surface area contributed by atoms with Crippen molar-refractivity contribution in [3.63, 3.8) is 0 Å². The zero-order valence-electron chi connectivity index (χ0n) is 14.0. The number of para-hydroxylation sites is 2. The molecule has 0 aliphatic carbocycles. The Morgan fingerprint density at radius 1 is 1.43 bits per heavy atom. The second kappa shape index (κ2) is 7.64. The van der Waals surface area contributed by atoms with E-state index in [1.54, 1.807) is 0 Å². The number of ether oxygens (including phenoxy) is 1. The molecule has 0 spiro atoms. The van der Waals surface area contributed by atoms with Crippen LogP contribution < -0.4 is 15.4 Å². The molecule has 1 saturated heterocycles. The van der Waals surface area contributed by atoms with Gasteiger partial charge in [-0.3, -0.25) is 4.79 Å². The lowest BCUT2D eigenvalue weighted by atomic mass is 10.1. The topological polar surface area (TPSA) is 58.8 Å². The van der Waals surface area contributed by atoms with Crippen LogP contribution >= 0.6 is 12.2 Å². The monoisotopic (exact) mass is 335 g/mol. The van der Waals surface area contributed by atoms with Gasteiger partial charge in [0.15, 0.2) is 5.11 Å². The van der Waals surface area contributed by atoms with E-state index in [9.17, 15) is 4.79 Å². The quantitative estimate of drug-likeness (QED) is 0.775. The molecule has 1 aromatic carbocycles. The Kier molecular flexibility index (Phi) is 5.82. The Bertz CT molecular complexity index is 577. The van der Waals surface area contributed by atoms with Crippen molar-refractivity contribution in [2.75, 3.05) is 24.6 Å². The van der Waals surface area contributed by atoms with Crippen molar-refractivity contribution in [2.24, 2.45) is 11.7 Å². The Hall–Kier alpha value is -1.82. The van der Waals surface area contributed by atoms with Crippen molar-refractivity contribution >= 4 is 28.9 Å². The van der Waals surface area contributed by atoms with Gasteiger partial charge in [-0.15, -0.1) is 0 Å². The Morgan fingerprint density at radius 3 is 2.74 bits per heavy atom. The van der Waals surface area contributed by atoms with Crippen LogP contribution in [0.4, 0.5) is 5.69 Å². The number of thiocarbonyl (C=S) groups is 1. The summed E-state index contributed by atoms with van der Waals surface area (Å²) in [5.74, 6) is 0.950. The maximum Gasteiger partial charge on any atom is 0.219 e. The summed E-state index contributed by atoms with van der Waals surface area (Å²) in [6.45, 7) is 8.41. The van der Waals surface area contributed by atoms with Crippen LogP contribution in [0.2, 0.25) is 0 Å². The lowest BCUT2D eigenvalue weighted by Crippen LogP contribution is -2.37. The fourth-order valence-electron chi connectivity index (χ4n) is 2.94. The van der Waals surface area contributed by atoms with E-state index in [1.807, 2.05) is 36.1 Å². The average molecular weight is 335 g/mol. The molecule has 0 aromatic heterocycles. The number of amides is 1. The van der Waals surface area contributed by atoms with Crippen molar-refractivity contribution in [2.45, 2.75) is 33.2 Å². The number of primary amides is 1. The zero-order chi connectivity index (χ0) is 17.0. The van der Waals surface area contributed by atoms with E-state index in [-0.39, 0.29) is 18.4 Å². The van der Waals surface area contributed by atoms with E-state index in [4.69, 9.17) is 22.7 Å². The summed E-state index contributed by atoms with van der Waals surface area (Å²) in [5.41, 5.74) is 6.34. The summed E-state index contributed by atoms with van der Waals surface area (Å²) in [6, 6.07) is 7.73. The van der Waals surface area contributed by atoms with Gasteiger partial charge in [-0.25, -0.2) is 0 Å². The molecular formula is C17H25N3O2S. The van der Waals surface area contributed by atoms with E-state index in [2.05, 4.69) is 18.7 Å². The number of rotatable bonds is 7. The first kappa shape index (κ1) is 17.5. The molecule has 0 radical (unpaired) electrons. The first-order valence-electron chi connectivity index (χ1n) is 8.02. The zero-order valence-corrected chi connectivity index (χ0v) is 14.8. The summed E-state index contributed by atoms with van der Waals surface area (Å²) < 4.78 is 5.73. The summed E-state index contributed by atoms with van der Waals surface area (Å²) in [6.07, 6.45) is 0.273. The minimum absolute atomic E-state index is 0.0552. The number of hydrogen-bond donors (Lipinski definition) is 1. The van der Waals surface area contributed by atoms with Crippen LogP contribution in [0.3, 0.4) is 0 Å². The van der Waals surface area contributed by atoms with Gasteiger partial charge in [-0.1, -0.05) is 26.0 Å². The minimum atomic E-state index is -0.317. The number of nitrogens with zero attached hydrogens (tertiary/aromatic N) is 2. The van der Waals surface area contributed by atoms with E-state index in [0.717, 1.165) is 23.1 Å². The highest BCUT2D eigenvalue weighted by atomic mass is 32.1. The van der Waals surface area contributed by atoms with Crippen molar-refractivity contribution in [1.82, 2.24) is 4.90 Å². The average Bonchev–Trinajstić information content (AvgIpc) is 2.75. The van der Waals surface area contributed by atoms with Gasteiger partial charge in [-0.05, 0) is 37.2 Å². The lowest BCUT2D eigenvalue weighted by molar-refractivity contribution is -0.118. The van der Waals surface area contributed by atoms with Crippen molar-refractivity contribution in [3.05, 3.63) is 24.3 Å². The van der Waals surface area contributed by atoms with E-state index in [1.165, 1.54) is 0 Å². The second-order valence-electron chi connectivity index (χ2n) is 6.18. The summed E-state index contributed by atoms with van der Waals surface area (Å²) in [4.78, 5) is 15.7. The number of carbonyl (C=O) groups is 1. The third kappa shape index (κ3) is 4.13. The van der Waals surface area contributed by atoms with E-state index < -0.39 is 0 Å². The van der Waals surface area contributed by atoms with Gasteiger partial charge in [-0.2, -0.15) is 0 Å². The Morgan fingerprint density at radius 2 is 2.13 bits per heavy atom. The van der Waals surface area contributed by atoms with Crippen LogP contribution in [-0.2, 0) is 4.79 Å². The maximum absolute atomic E-state index is 11.5. The molecule has 0 bridgehead atoms. The molecule has 1 aliphatic heterocycles. The molecule has 1 atom stereocenters. The van der Waals surface area contributed by atoms with Crippen molar-refractivity contribution in [3.8, 4) is 5.75 Å². The molecule has 0 saturated carbocycles. The predicted octanol–water partition coefficient (Wildman–Crippen LogP) is 2.39. The van der Waals surface area contributed by atoms with Gasteiger partial charge < -0.3 is 20.3 Å². The standard InChI is InChI=1S/C17H25N3O2S/c1-4-22-15-8-6-5-7-14(15)20-13(9-16(18)21)11-19(17(20)23)10-12(2)3/h5-8,12-13H,4,9-11H2,1-3H3,(H2,18,21). The Labute approximate surface area is 143 Å². The predicted molar refractivity (Wildman–Crippen MR) is 96.7 cm³/mol. The van der Waals surface area contributed by atoms with Crippen LogP contribution in [-0.4, -0.2) is 41.7 Å². The molecule has 23 heavy (non-hydrogen) atoms. The number of anilines is 1. The second-order valence-corrected chi connectivity index (χ2v) is 6.54. The number of carbonyl (C=O) groups excluding carboxylic acids is 1. The van der Waals surface area contributed by atoms with Gasteiger partial charge in [0.1, 0.15) is 5.75 Å². The smallest absolute Gasteiger partial charge is 0.219 e. The fourth-order valence-corrected chi connectivity index (χ4v) is 3.33. The largest absolute Gasteiger partial charge is 0.492 e. The molecule has 1 aliphatic rings. The molecule has 1 aromatic rings. The molecule has 1 unspecified atom stereocenters. The van der Waals surface area contributed by atoms with Gasteiger partial charge in [0, 0.05) is 19.5 Å². The summed E-state index contributed by atoms with van der Waals surface area (Å²) in [7, 11) is 0. The van der Waals surface area contributed by atoms with Crippen molar-refractivity contribution < 1.29 is 9.53 Å². The van der Waals surface area contributed by atoms with Crippen LogP contribution in [0.25, 0.3) is 0 Å². The van der Waals surface area contributed by atoms with E-state index in [0.29, 0.717) is 19.1 Å². The minimum Gasteiger partial charge on any atom is -0.492 e. The van der Waals surface area contributed by atoms with Gasteiger partial charge >= 0.3 is 0 Å². The number of benzene rings is 1. The van der Waals surface area contributed by atoms with Crippen molar-refractivity contribution in [1.29, 1.82) is 0 Å². The molecule has 1 heterocycles. The first-order chi connectivity index (χ1) is 10.9. The van der Waals surface area contributed by atoms with E-state index >= 15 is 0 Å². The highest BCUT2D eigenvalue weighted by molar-refractivity contribution is 7.80. The molecular weight excluding hydrogens is 310 g/mol. The number of nitrogens with two attached hydrogens (primary N) is 1. The normalized spacial score (nSPS) is 17.9. The molecule has 2 rings (SSSR count). The van der Waals surface area contributed by atoms with Crippen LogP contribution in [0.5, 0.6) is 5.75 Å². The third-order valence-corrected chi connectivity index (χ3v) is 4.17. The first-order valence-corrected chi connectivity index (χ1v) is 8.43. The summed E-state index contributed by atoms with van der Waals surface area (Å²) in [5, 5.41) is 0.733. The van der Waals surface area contributed by atoms with Gasteiger partial charge in [0.25, 0.3) is 0 Å². The maximum atomic E-state index is 11.5. The fraction of sp³-hybridized carbons (Fsp3) is 0.529. The molecule has 1 amide bonds. The molecule has 126 valence electrons. The summed E-state index contributed by atoms with van der Waals surface area (Å²) >= 11 is 5.68. The highest BCUT2D eigenvalue weighted by Gasteiger charge is 2.37. The SMILES string of the molecule is CCOc1ccccc1N1C(=S)N(CC(C)C)CC1CC(N)=O. The third-order valence-electron chi connectivity index (χ3n) is 3.72. The van der Waals surface area contributed by atoms with Gasteiger partial charge in [0.2, 0.25) is 5.91 Å². The molecule has 6 heteroatoms. The molecule has 1 fully saturated rings. The Balaban J connectivity index is 2.35.